The van der Waals surface area contributed by atoms with Gasteiger partial charge in [0.15, 0.2) is 12.0 Å². The smallest absolute Gasteiger partial charge is 0.285 e. The molecule has 0 spiro atoms. The normalized spacial score (nSPS) is 23.7. The summed E-state index contributed by atoms with van der Waals surface area (Å²) >= 11 is 6.60. The second-order valence-electron chi connectivity index (χ2n) is 10.0. The molecular formula is C28H26ClN3O6S. The highest BCUT2D eigenvalue weighted by molar-refractivity contribution is 7.92. The van der Waals surface area contributed by atoms with Gasteiger partial charge in [-0.15, -0.1) is 0 Å². The number of amides is 1. The largest absolute Gasteiger partial charge is 0.472 e. The fraction of sp³-hybridized carbons (Fsp3) is 0.321. The van der Waals surface area contributed by atoms with Crippen molar-refractivity contribution in [1.29, 1.82) is 0 Å². The SMILES string of the molecule is CS(C)(=O)=NC(=O)c1ccc(-c2ccc(-c3nc4c(cc3Cl)N=C(O[C@@H]3CO[C@H]5[C@@H]3OC[C@H]5O)C4)cc2)cc1. The molecule has 202 valence electrons. The van der Waals surface area contributed by atoms with Crippen LogP contribution in [0.5, 0.6) is 0 Å². The van der Waals surface area contributed by atoms with Crippen LogP contribution in [0.1, 0.15) is 16.1 Å². The topological polar surface area (TPSA) is 120 Å². The standard InChI is InChI=1S/C28H26ClN3O6S/c1-39(2,35)32-28(34)18-9-5-16(6-10-18)15-3-7-17(8-4-15)25-19(29)11-20-21(31-25)12-24(30-20)38-23-14-37-26-22(33)13-36-27(23)26/h3-11,22-23,26-27,33H,12-14H2,1-2H3/t22-,23-,26-,27-/m1/s1. The number of aromatic nitrogens is 1. The van der Waals surface area contributed by atoms with E-state index in [0.29, 0.717) is 40.9 Å². The molecule has 4 atom stereocenters. The Bertz CT molecular complexity index is 1590. The molecule has 3 aliphatic heterocycles. The summed E-state index contributed by atoms with van der Waals surface area (Å²) in [6, 6.07) is 16.6. The maximum absolute atomic E-state index is 12.2. The van der Waals surface area contributed by atoms with Crippen LogP contribution in [0.3, 0.4) is 0 Å². The van der Waals surface area contributed by atoms with E-state index in [4.69, 9.17) is 30.8 Å². The molecule has 2 aromatic carbocycles. The second-order valence-corrected chi connectivity index (χ2v) is 13.0. The Morgan fingerprint density at radius 2 is 1.67 bits per heavy atom. The molecule has 1 aromatic heterocycles. The van der Waals surface area contributed by atoms with E-state index in [-0.39, 0.29) is 24.9 Å². The molecule has 0 saturated carbocycles. The number of aliphatic hydroxyl groups is 1. The lowest BCUT2D eigenvalue weighted by Gasteiger charge is -2.17. The number of carbonyl (C=O) groups is 1. The molecule has 2 fully saturated rings. The summed E-state index contributed by atoms with van der Waals surface area (Å²) in [5.41, 5.74) is 5.21. The van der Waals surface area contributed by atoms with E-state index >= 15 is 0 Å². The van der Waals surface area contributed by atoms with Crippen LogP contribution < -0.4 is 0 Å². The Balaban J connectivity index is 1.15. The molecule has 2 saturated heterocycles. The molecule has 1 amide bonds. The van der Waals surface area contributed by atoms with Crippen LogP contribution in [0.25, 0.3) is 22.4 Å². The highest BCUT2D eigenvalue weighted by Gasteiger charge is 2.49. The van der Waals surface area contributed by atoms with Gasteiger partial charge >= 0.3 is 0 Å². The predicted molar refractivity (Wildman–Crippen MR) is 148 cm³/mol. The zero-order valence-corrected chi connectivity index (χ0v) is 22.8. The third-order valence-corrected chi connectivity index (χ3v) is 7.69. The van der Waals surface area contributed by atoms with E-state index < -0.39 is 21.7 Å². The fourth-order valence-corrected chi connectivity index (χ4v) is 5.69. The average Bonchev–Trinajstić information content (AvgIpc) is 3.59. The number of aliphatic hydroxyl groups excluding tert-OH is 1. The summed E-state index contributed by atoms with van der Waals surface area (Å²) in [5, 5.41) is 10.4. The number of pyridine rings is 1. The summed E-state index contributed by atoms with van der Waals surface area (Å²) in [6.07, 6.45) is 1.65. The highest BCUT2D eigenvalue weighted by Crippen LogP contribution is 2.37. The maximum atomic E-state index is 12.2. The minimum absolute atomic E-state index is 0.240. The molecule has 4 heterocycles. The average molecular weight is 568 g/mol. The molecule has 0 aliphatic carbocycles. The first-order valence-corrected chi connectivity index (χ1v) is 15.1. The third kappa shape index (κ3) is 5.35. The molecule has 6 rings (SSSR count). The van der Waals surface area contributed by atoms with Crippen molar-refractivity contribution in [1.82, 2.24) is 4.98 Å². The van der Waals surface area contributed by atoms with Crippen molar-refractivity contribution in [2.75, 3.05) is 25.7 Å². The zero-order valence-electron chi connectivity index (χ0n) is 21.2. The molecule has 0 radical (unpaired) electrons. The van der Waals surface area contributed by atoms with Gasteiger partial charge in [-0.1, -0.05) is 48.0 Å². The van der Waals surface area contributed by atoms with E-state index in [9.17, 15) is 14.1 Å². The minimum Gasteiger partial charge on any atom is -0.472 e. The lowest BCUT2D eigenvalue weighted by Crippen LogP contribution is -2.34. The lowest BCUT2D eigenvalue weighted by molar-refractivity contribution is 0.00558. The Kier molecular flexibility index (Phi) is 6.76. The monoisotopic (exact) mass is 567 g/mol. The number of ether oxygens (including phenoxy) is 3. The van der Waals surface area contributed by atoms with Gasteiger partial charge in [0.05, 0.1) is 41.7 Å². The van der Waals surface area contributed by atoms with E-state index in [0.717, 1.165) is 22.4 Å². The number of aliphatic imine (C=N–C) groups is 1. The Morgan fingerprint density at radius 1 is 1.03 bits per heavy atom. The van der Waals surface area contributed by atoms with E-state index in [1.54, 1.807) is 18.2 Å². The summed E-state index contributed by atoms with van der Waals surface area (Å²) in [7, 11) is -2.51. The van der Waals surface area contributed by atoms with Crippen LogP contribution in [0.4, 0.5) is 5.69 Å². The van der Waals surface area contributed by atoms with Gasteiger partial charge in [-0.25, -0.2) is 14.2 Å². The molecule has 3 aromatic rings. The number of halogens is 1. The first-order chi connectivity index (χ1) is 18.6. The van der Waals surface area contributed by atoms with Crippen molar-refractivity contribution in [3.63, 3.8) is 0 Å². The number of fused-ring (bicyclic) bond motifs is 2. The minimum atomic E-state index is -2.51. The van der Waals surface area contributed by atoms with Crippen LogP contribution >= 0.6 is 11.6 Å². The molecule has 39 heavy (non-hydrogen) atoms. The van der Waals surface area contributed by atoms with Gasteiger partial charge in [-0.2, -0.15) is 4.36 Å². The fourth-order valence-electron chi connectivity index (χ4n) is 4.93. The number of carbonyl (C=O) groups excluding carboxylic acids is 1. The molecule has 0 bridgehead atoms. The molecule has 1 N–H and O–H groups in total. The summed E-state index contributed by atoms with van der Waals surface area (Å²) < 4.78 is 32.9. The lowest BCUT2D eigenvalue weighted by atomic mass is 10.0. The van der Waals surface area contributed by atoms with Crippen LogP contribution in [0.2, 0.25) is 5.02 Å². The predicted octanol–water partition coefficient (Wildman–Crippen LogP) is 4.07. The third-order valence-electron chi connectivity index (χ3n) is 6.79. The van der Waals surface area contributed by atoms with Gasteiger partial charge < -0.3 is 19.3 Å². The van der Waals surface area contributed by atoms with Crippen molar-refractivity contribution >= 4 is 38.8 Å². The van der Waals surface area contributed by atoms with Crippen LogP contribution in [-0.2, 0) is 30.4 Å². The van der Waals surface area contributed by atoms with Crippen molar-refractivity contribution in [3.8, 4) is 22.4 Å². The molecule has 3 aliphatic rings. The van der Waals surface area contributed by atoms with Gasteiger partial charge in [0.2, 0.25) is 0 Å². The Hall–Kier alpha value is -3.15. The van der Waals surface area contributed by atoms with Crippen LogP contribution in [0.15, 0.2) is 64.0 Å². The molecule has 9 nitrogen and oxygen atoms in total. The first-order valence-electron chi connectivity index (χ1n) is 12.4. The summed E-state index contributed by atoms with van der Waals surface area (Å²) in [5.74, 6) is 0.0310. The van der Waals surface area contributed by atoms with Crippen molar-refractivity contribution in [2.24, 2.45) is 9.36 Å². The zero-order chi connectivity index (χ0) is 27.3. The van der Waals surface area contributed by atoms with Crippen molar-refractivity contribution in [3.05, 3.63) is 70.9 Å². The van der Waals surface area contributed by atoms with Gasteiger partial charge in [-0.3, -0.25) is 4.79 Å². The number of rotatable bonds is 4. The number of hydrogen-bond acceptors (Lipinski definition) is 8. The first kappa shape index (κ1) is 26.1. The molecule has 0 unspecified atom stereocenters. The molecule has 11 heteroatoms. The van der Waals surface area contributed by atoms with Gasteiger partial charge in [0, 0.05) is 33.4 Å². The Labute approximate surface area is 231 Å². The van der Waals surface area contributed by atoms with E-state index in [1.807, 2.05) is 36.4 Å². The van der Waals surface area contributed by atoms with E-state index in [1.165, 1.54) is 12.5 Å². The quantitative estimate of drug-likeness (QED) is 0.504. The Morgan fingerprint density at radius 3 is 2.36 bits per heavy atom. The van der Waals surface area contributed by atoms with Gasteiger partial charge in [-0.05, 0) is 29.3 Å². The summed E-state index contributed by atoms with van der Waals surface area (Å²) in [4.78, 5) is 21.5. The second kappa shape index (κ2) is 10.1. The van der Waals surface area contributed by atoms with E-state index in [2.05, 4.69) is 9.36 Å². The number of benzene rings is 2. The van der Waals surface area contributed by atoms with Crippen LogP contribution in [-0.4, -0.2) is 76.2 Å². The van der Waals surface area contributed by atoms with Crippen molar-refractivity contribution < 1.29 is 28.3 Å². The van der Waals surface area contributed by atoms with Crippen molar-refractivity contribution in [2.45, 2.75) is 30.8 Å². The number of hydrogen-bond donors (Lipinski definition) is 1. The molecular weight excluding hydrogens is 542 g/mol. The van der Waals surface area contributed by atoms with Gasteiger partial charge in [0.25, 0.3) is 5.91 Å². The summed E-state index contributed by atoms with van der Waals surface area (Å²) in [6.45, 7) is 0.575. The highest BCUT2D eigenvalue weighted by atomic mass is 35.5. The maximum Gasteiger partial charge on any atom is 0.285 e. The van der Waals surface area contributed by atoms with Crippen LogP contribution in [0, 0.1) is 0 Å². The van der Waals surface area contributed by atoms with Gasteiger partial charge in [0.1, 0.15) is 18.3 Å². The number of nitrogens with zero attached hydrogens (tertiary/aromatic N) is 3.